The minimum absolute atomic E-state index is 0.188. The van der Waals surface area contributed by atoms with Gasteiger partial charge in [0.25, 0.3) is 0 Å². The number of imide groups is 1. The summed E-state index contributed by atoms with van der Waals surface area (Å²) in [4.78, 5) is 51.0. The molecule has 2 aliphatic rings. The summed E-state index contributed by atoms with van der Waals surface area (Å²) in [6.07, 6.45) is 0. The number of fused-ring (bicyclic) bond motifs is 2. The lowest BCUT2D eigenvalue weighted by Crippen LogP contribution is -2.32. The number of nitrogens with zero attached hydrogens (tertiary/aromatic N) is 1. The summed E-state index contributed by atoms with van der Waals surface area (Å²) in [5.41, 5.74) is 1.42. The lowest BCUT2D eigenvalue weighted by molar-refractivity contribution is -0.126. The van der Waals surface area contributed by atoms with Gasteiger partial charge in [-0.2, -0.15) is 0 Å². The van der Waals surface area contributed by atoms with E-state index in [1.807, 2.05) is 6.07 Å². The maximum atomic E-state index is 12.9. The number of amides is 3. The Kier molecular flexibility index (Phi) is 5.40. The standard InChI is InChI=1S/C22H16ClN3O4S2/c23-12-8-6-11(7-9-12)15-16-17(20(29)25-19(16)28)31-21-18(15)32-22(30)26(21)10-14(27)24-13-4-2-1-3-5-13/h1-9,15-17H,10H2,(H,24,27)(H,25,28,29). The summed E-state index contributed by atoms with van der Waals surface area (Å²) >= 11 is 8.21. The molecule has 0 saturated carbocycles. The molecule has 1 aromatic heterocycles. The quantitative estimate of drug-likeness (QED) is 0.553. The zero-order valence-corrected chi connectivity index (χ0v) is 18.8. The lowest BCUT2D eigenvalue weighted by Gasteiger charge is -2.30. The monoisotopic (exact) mass is 485 g/mol. The van der Waals surface area contributed by atoms with Crippen LogP contribution in [0.3, 0.4) is 0 Å². The molecule has 2 aromatic carbocycles. The third kappa shape index (κ3) is 3.66. The Morgan fingerprint density at radius 2 is 1.75 bits per heavy atom. The van der Waals surface area contributed by atoms with Gasteiger partial charge in [-0.1, -0.05) is 65.0 Å². The van der Waals surface area contributed by atoms with Gasteiger partial charge in [-0.15, -0.1) is 0 Å². The topological polar surface area (TPSA) is 97.3 Å². The molecule has 3 atom stereocenters. The lowest BCUT2D eigenvalue weighted by atomic mass is 9.83. The van der Waals surface area contributed by atoms with Crippen LogP contribution in [0.2, 0.25) is 5.02 Å². The third-order valence-electron chi connectivity index (χ3n) is 5.48. The predicted octanol–water partition coefficient (Wildman–Crippen LogP) is 3.08. The van der Waals surface area contributed by atoms with E-state index in [4.69, 9.17) is 11.6 Å². The van der Waals surface area contributed by atoms with E-state index in [-0.39, 0.29) is 29.1 Å². The Morgan fingerprint density at radius 3 is 2.47 bits per heavy atom. The van der Waals surface area contributed by atoms with Gasteiger partial charge in [0.05, 0.1) is 10.9 Å². The molecule has 3 amide bonds. The highest BCUT2D eigenvalue weighted by molar-refractivity contribution is 8.00. The number of carbonyl (C=O) groups excluding carboxylic acids is 3. The van der Waals surface area contributed by atoms with Gasteiger partial charge < -0.3 is 5.32 Å². The van der Waals surface area contributed by atoms with Crippen LogP contribution in [-0.2, 0) is 20.9 Å². The van der Waals surface area contributed by atoms with Crippen LogP contribution in [0.5, 0.6) is 0 Å². The Labute approximate surface area is 195 Å². The van der Waals surface area contributed by atoms with Crippen molar-refractivity contribution in [2.75, 3.05) is 5.32 Å². The molecule has 1 saturated heterocycles. The fourth-order valence-electron chi connectivity index (χ4n) is 4.07. The maximum Gasteiger partial charge on any atom is 0.308 e. The van der Waals surface area contributed by atoms with Gasteiger partial charge in [0.2, 0.25) is 17.7 Å². The summed E-state index contributed by atoms with van der Waals surface area (Å²) in [6, 6.07) is 16.0. The summed E-state index contributed by atoms with van der Waals surface area (Å²) in [6.45, 7) is -0.188. The van der Waals surface area contributed by atoms with Gasteiger partial charge in [-0.25, -0.2) is 0 Å². The molecule has 7 nitrogen and oxygen atoms in total. The van der Waals surface area contributed by atoms with Gasteiger partial charge in [0.15, 0.2) is 0 Å². The number of carbonyl (C=O) groups is 3. The molecule has 0 spiro atoms. The van der Waals surface area contributed by atoms with Crippen LogP contribution in [0.15, 0.2) is 64.4 Å². The number of anilines is 1. The van der Waals surface area contributed by atoms with Gasteiger partial charge in [-0.05, 0) is 29.8 Å². The number of halogens is 1. The van der Waals surface area contributed by atoms with Crippen LogP contribution in [0.4, 0.5) is 5.69 Å². The number of nitrogens with one attached hydrogen (secondary N) is 2. The molecule has 0 bridgehead atoms. The van der Waals surface area contributed by atoms with Crippen molar-refractivity contribution < 1.29 is 14.4 Å². The van der Waals surface area contributed by atoms with Gasteiger partial charge in [0, 0.05) is 21.5 Å². The Balaban J connectivity index is 1.54. The SMILES string of the molecule is O=C(Cn1c2c(sc1=O)C(c1ccc(Cl)cc1)C1C(=O)NC(=O)C1S2)Nc1ccccc1. The van der Waals surface area contributed by atoms with E-state index in [0.29, 0.717) is 20.6 Å². The first-order valence-electron chi connectivity index (χ1n) is 9.77. The highest BCUT2D eigenvalue weighted by Crippen LogP contribution is 2.51. The number of thioether (sulfide) groups is 1. The largest absolute Gasteiger partial charge is 0.325 e. The van der Waals surface area contributed by atoms with E-state index in [9.17, 15) is 19.2 Å². The first kappa shape index (κ1) is 21.0. The average Bonchev–Trinajstić information content (AvgIpc) is 3.23. The van der Waals surface area contributed by atoms with E-state index in [2.05, 4.69) is 10.6 Å². The summed E-state index contributed by atoms with van der Waals surface area (Å²) < 4.78 is 1.39. The van der Waals surface area contributed by atoms with Gasteiger partial charge in [0.1, 0.15) is 11.8 Å². The zero-order valence-electron chi connectivity index (χ0n) is 16.4. The van der Waals surface area contributed by atoms with Crippen LogP contribution < -0.4 is 15.5 Å². The fraction of sp³-hybridized carbons (Fsp3) is 0.182. The maximum absolute atomic E-state index is 12.9. The normalized spacial score (nSPS) is 21.6. The van der Waals surface area contributed by atoms with Crippen molar-refractivity contribution in [3.05, 3.63) is 79.7 Å². The first-order valence-corrected chi connectivity index (χ1v) is 11.8. The van der Waals surface area contributed by atoms with Crippen molar-refractivity contribution in [2.24, 2.45) is 5.92 Å². The first-order chi connectivity index (χ1) is 15.4. The molecule has 32 heavy (non-hydrogen) atoms. The smallest absolute Gasteiger partial charge is 0.308 e. The summed E-state index contributed by atoms with van der Waals surface area (Å²) in [7, 11) is 0. The number of aromatic nitrogens is 1. The van der Waals surface area contributed by atoms with Crippen LogP contribution in [0, 0.1) is 5.92 Å². The molecule has 162 valence electrons. The van der Waals surface area contributed by atoms with E-state index in [1.165, 1.54) is 16.3 Å². The third-order valence-corrected chi connectivity index (χ3v) is 8.34. The zero-order chi connectivity index (χ0) is 22.4. The van der Waals surface area contributed by atoms with Crippen molar-refractivity contribution in [1.29, 1.82) is 0 Å². The minimum Gasteiger partial charge on any atom is -0.325 e. The van der Waals surface area contributed by atoms with Crippen LogP contribution in [-0.4, -0.2) is 27.5 Å². The molecule has 3 unspecified atom stereocenters. The molecular formula is C22H16ClN3O4S2. The molecule has 1 fully saturated rings. The molecule has 10 heteroatoms. The molecule has 3 heterocycles. The number of para-hydroxylation sites is 1. The van der Waals surface area contributed by atoms with E-state index in [0.717, 1.165) is 16.9 Å². The second kappa shape index (κ2) is 8.23. The fourth-order valence-corrected chi connectivity index (χ4v) is 6.94. The van der Waals surface area contributed by atoms with Crippen molar-refractivity contribution in [2.45, 2.75) is 22.7 Å². The molecule has 2 N–H and O–H groups in total. The Hall–Kier alpha value is -2.88. The Bertz CT molecular complexity index is 1290. The second-order valence-electron chi connectivity index (χ2n) is 7.48. The van der Waals surface area contributed by atoms with Gasteiger partial charge in [-0.3, -0.25) is 29.1 Å². The van der Waals surface area contributed by atoms with Crippen LogP contribution >= 0.6 is 34.7 Å². The number of rotatable bonds is 4. The predicted molar refractivity (Wildman–Crippen MR) is 123 cm³/mol. The number of benzene rings is 2. The molecule has 5 rings (SSSR count). The number of hydrogen-bond acceptors (Lipinski definition) is 6. The van der Waals surface area contributed by atoms with E-state index < -0.39 is 17.1 Å². The van der Waals surface area contributed by atoms with Crippen LogP contribution in [0.25, 0.3) is 0 Å². The van der Waals surface area contributed by atoms with Crippen molar-refractivity contribution in [3.8, 4) is 0 Å². The summed E-state index contributed by atoms with van der Waals surface area (Å²) in [5, 5.41) is 5.61. The molecular weight excluding hydrogens is 470 g/mol. The second-order valence-corrected chi connectivity index (χ2v) is 10.0. The van der Waals surface area contributed by atoms with E-state index >= 15 is 0 Å². The molecule has 2 aliphatic heterocycles. The summed E-state index contributed by atoms with van der Waals surface area (Å²) in [5.74, 6) is -2.19. The molecule has 0 aliphatic carbocycles. The van der Waals surface area contributed by atoms with Crippen molar-refractivity contribution >= 4 is 58.1 Å². The molecule has 0 radical (unpaired) electrons. The molecule has 3 aromatic rings. The van der Waals surface area contributed by atoms with Crippen LogP contribution in [0.1, 0.15) is 16.4 Å². The Morgan fingerprint density at radius 1 is 1.03 bits per heavy atom. The highest BCUT2D eigenvalue weighted by Gasteiger charge is 2.52. The number of thiazole rings is 1. The average molecular weight is 486 g/mol. The van der Waals surface area contributed by atoms with Gasteiger partial charge >= 0.3 is 4.87 Å². The van der Waals surface area contributed by atoms with Crippen molar-refractivity contribution in [1.82, 2.24) is 9.88 Å². The van der Waals surface area contributed by atoms with Crippen molar-refractivity contribution in [3.63, 3.8) is 0 Å². The minimum atomic E-state index is -0.673. The van der Waals surface area contributed by atoms with E-state index in [1.54, 1.807) is 48.5 Å². The number of hydrogen-bond donors (Lipinski definition) is 2. The highest BCUT2D eigenvalue weighted by atomic mass is 35.5.